The summed E-state index contributed by atoms with van der Waals surface area (Å²) in [7, 11) is 0. The molecule has 5 nitrogen and oxygen atoms in total. The highest BCUT2D eigenvalue weighted by Crippen LogP contribution is 2.23. The number of hydrogen-bond donors (Lipinski definition) is 2. The molecule has 144 valence electrons. The molecule has 0 aliphatic rings. The number of carbonyl (C=O) groups excluding carboxylic acids is 1. The standard InChI is InChI=1S/C19H18F3NO4/c20-19(21,22)27-16-7-4-13(5-8-16)6-9-17(24)23-11-10-14-2-1-3-15(12-14)18(25)26/h1-5,7-8,12H,6,9-11H2,(H,23,24)(H,25,26). The van der Waals surface area contributed by atoms with E-state index < -0.39 is 12.3 Å². The molecule has 0 fully saturated rings. The van der Waals surface area contributed by atoms with Gasteiger partial charge < -0.3 is 15.2 Å². The van der Waals surface area contributed by atoms with E-state index in [0.29, 0.717) is 24.9 Å². The number of alkyl halides is 3. The lowest BCUT2D eigenvalue weighted by Crippen LogP contribution is -2.25. The summed E-state index contributed by atoms with van der Waals surface area (Å²) in [5, 5.41) is 11.7. The van der Waals surface area contributed by atoms with Gasteiger partial charge in [0.05, 0.1) is 5.56 Å². The largest absolute Gasteiger partial charge is 0.573 e. The molecule has 0 bridgehead atoms. The summed E-state index contributed by atoms with van der Waals surface area (Å²) in [6, 6.07) is 11.8. The Hall–Kier alpha value is -3.03. The van der Waals surface area contributed by atoms with Gasteiger partial charge in [0.15, 0.2) is 0 Å². The van der Waals surface area contributed by atoms with Gasteiger partial charge in [0, 0.05) is 13.0 Å². The third-order valence-electron chi connectivity index (χ3n) is 3.71. The first-order chi connectivity index (χ1) is 12.7. The maximum absolute atomic E-state index is 12.1. The van der Waals surface area contributed by atoms with Gasteiger partial charge in [0.1, 0.15) is 5.75 Å². The molecule has 0 aliphatic heterocycles. The number of aryl methyl sites for hydroxylation is 1. The molecule has 0 aromatic heterocycles. The molecule has 27 heavy (non-hydrogen) atoms. The van der Waals surface area contributed by atoms with Crippen LogP contribution in [0.25, 0.3) is 0 Å². The van der Waals surface area contributed by atoms with E-state index in [9.17, 15) is 22.8 Å². The lowest BCUT2D eigenvalue weighted by Gasteiger charge is -2.09. The lowest BCUT2D eigenvalue weighted by atomic mass is 10.1. The summed E-state index contributed by atoms with van der Waals surface area (Å²) in [6.07, 6.45) is -3.66. The molecule has 0 heterocycles. The van der Waals surface area contributed by atoms with Crippen LogP contribution in [-0.4, -0.2) is 29.9 Å². The summed E-state index contributed by atoms with van der Waals surface area (Å²) in [6.45, 7) is 0.361. The van der Waals surface area contributed by atoms with E-state index in [4.69, 9.17) is 5.11 Å². The molecule has 0 radical (unpaired) electrons. The first-order valence-electron chi connectivity index (χ1n) is 8.16. The van der Waals surface area contributed by atoms with Crippen LogP contribution in [0.15, 0.2) is 48.5 Å². The molecule has 2 aromatic carbocycles. The van der Waals surface area contributed by atoms with Crippen LogP contribution < -0.4 is 10.1 Å². The fraction of sp³-hybridized carbons (Fsp3) is 0.263. The number of halogens is 3. The van der Waals surface area contributed by atoms with Crippen LogP contribution in [-0.2, 0) is 17.6 Å². The zero-order valence-corrected chi connectivity index (χ0v) is 14.3. The number of benzene rings is 2. The summed E-state index contributed by atoms with van der Waals surface area (Å²) in [5.74, 6) is -1.51. The molecule has 0 aliphatic carbocycles. The number of carboxylic acid groups (broad SMARTS) is 1. The zero-order chi connectivity index (χ0) is 19.9. The van der Waals surface area contributed by atoms with Crippen molar-refractivity contribution in [2.45, 2.75) is 25.6 Å². The molecular weight excluding hydrogens is 363 g/mol. The van der Waals surface area contributed by atoms with E-state index >= 15 is 0 Å². The topological polar surface area (TPSA) is 75.6 Å². The summed E-state index contributed by atoms with van der Waals surface area (Å²) in [4.78, 5) is 22.8. The van der Waals surface area contributed by atoms with Crippen LogP contribution >= 0.6 is 0 Å². The van der Waals surface area contributed by atoms with Crippen molar-refractivity contribution >= 4 is 11.9 Å². The van der Waals surface area contributed by atoms with Crippen LogP contribution in [0.5, 0.6) is 5.75 Å². The molecule has 0 unspecified atom stereocenters. The highest BCUT2D eigenvalue weighted by atomic mass is 19.4. The number of carboxylic acids is 1. The Bertz CT molecular complexity index is 788. The average molecular weight is 381 g/mol. The monoisotopic (exact) mass is 381 g/mol. The van der Waals surface area contributed by atoms with Crippen molar-refractivity contribution < 1.29 is 32.6 Å². The van der Waals surface area contributed by atoms with Gasteiger partial charge in [-0.1, -0.05) is 24.3 Å². The van der Waals surface area contributed by atoms with Crippen LogP contribution in [0, 0.1) is 0 Å². The van der Waals surface area contributed by atoms with Gasteiger partial charge in [0.25, 0.3) is 0 Å². The van der Waals surface area contributed by atoms with E-state index in [2.05, 4.69) is 10.1 Å². The van der Waals surface area contributed by atoms with Crippen LogP contribution in [0.2, 0.25) is 0 Å². The molecule has 0 saturated heterocycles. The van der Waals surface area contributed by atoms with Gasteiger partial charge in [-0.2, -0.15) is 0 Å². The van der Waals surface area contributed by atoms with Crippen molar-refractivity contribution in [2.75, 3.05) is 6.54 Å². The van der Waals surface area contributed by atoms with Gasteiger partial charge in [-0.15, -0.1) is 13.2 Å². The van der Waals surface area contributed by atoms with Crippen LogP contribution in [0.1, 0.15) is 27.9 Å². The smallest absolute Gasteiger partial charge is 0.478 e. The maximum Gasteiger partial charge on any atom is 0.573 e. The Balaban J connectivity index is 1.73. The minimum atomic E-state index is -4.73. The van der Waals surface area contributed by atoms with Crippen LogP contribution in [0.4, 0.5) is 13.2 Å². The van der Waals surface area contributed by atoms with E-state index in [1.165, 1.54) is 30.3 Å². The lowest BCUT2D eigenvalue weighted by molar-refractivity contribution is -0.274. The molecular formula is C19H18F3NO4. The number of ether oxygens (including phenoxy) is 1. The van der Waals surface area contributed by atoms with E-state index in [1.807, 2.05) is 0 Å². The summed E-state index contributed by atoms with van der Waals surface area (Å²) < 4.78 is 40.1. The second kappa shape index (κ2) is 9.07. The molecule has 2 rings (SSSR count). The number of rotatable bonds is 8. The molecule has 2 aromatic rings. The molecule has 0 spiro atoms. The Morgan fingerprint density at radius 2 is 1.70 bits per heavy atom. The SMILES string of the molecule is O=C(CCc1ccc(OC(F)(F)F)cc1)NCCc1cccc(C(=O)O)c1. The molecule has 2 N–H and O–H groups in total. The Morgan fingerprint density at radius 3 is 2.33 bits per heavy atom. The van der Waals surface area contributed by atoms with E-state index in [1.54, 1.807) is 18.2 Å². The second-order valence-corrected chi connectivity index (χ2v) is 5.80. The van der Waals surface area contributed by atoms with Gasteiger partial charge in [0.2, 0.25) is 5.91 Å². The Labute approximate surface area is 153 Å². The zero-order valence-electron chi connectivity index (χ0n) is 14.3. The van der Waals surface area contributed by atoms with Gasteiger partial charge in [-0.25, -0.2) is 4.79 Å². The van der Waals surface area contributed by atoms with Crippen molar-refractivity contribution in [2.24, 2.45) is 0 Å². The van der Waals surface area contributed by atoms with Crippen molar-refractivity contribution in [3.8, 4) is 5.75 Å². The third kappa shape index (κ3) is 7.39. The second-order valence-electron chi connectivity index (χ2n) is 5.80. The number of hydrogen-bond acceptors (Lipinski definition) is 3. The first-order valence-corrected chi connectivity index (χ1v) is 8.16. The number of nitrogens with one attached hydrogen (secondary N) is 1. The van der Waals surface area contributed by atoms with Gasteiger partial charge in [-0.05, 0) is 48.2 Å². The Morgan fingerprint density at radius 1 is 1.00 bits per heavy atom. The highest BCUT2D eigenvalue weighted by Gasteiger charge is 2.30. The van der Waals surface area contributed by atoms with E-state index in [0.717, 1.165) is 5.56 Å². The molecule has 0 atom stereocenters. The summed E-state index contributed by atoms with van der Waals surface area (Å²) >= 11 is 0. The molecule has 1 amide bonds. The highest BCUT2D eigenvalue weighted by molar-refractivity contribution is 5.87. The average Bonchev–Trinajstić information content (AvgIpc) is 2.60. The molecule has 0 saturated carbocycles. The van der Waals surface area contributed by atoms with Gasteiger partial charge >= 0.3 is 12.3 Å². The Kier molecular flexibility index (Phi) is 6.81. The predicted molar refractivity (Wildman–Crippen MR) is 91.6 cm³/mol. The minimum absolute atomic E-state index is 0.189. The molecule has 8 heteroatoms. The number of amides is 1. The van der Waals surface area contributed by atoms with Crippen molar-refractivity contribution in [3.05, 3.63) is 65.2 Å². The van der Waals surface area contributed by atoms with Crippen LogP contribution in [0.3, 0.4) is 0 Å². The number of carbonyl (C=O) groups is 2. The number of aromatic carboxylic acids is 1. The predicted octanol–water partition coefficient (Wildman–Crippen LogP) is 3.57. The maximum atomic E-state index is 12.1. The van der Waals surface area contributed by atoms with E-state index in [-0.39, 0.29) is 23.6 Å². The quantitative estimate of drug-likeness (QED) is 0.733. The fourth-order valence-electron chi connectivity index (χ4n) is 2.41. The van der Waals surface area contributed by atoms with Crippen molar-refractivity contribution in [1.29, 1.82) is 0 Å². The van der Waals surface area contributed by atoms with Gasteiger partial charge in [-0.3, -0.25) is 4.79 Å². The normalized spacial score (nSPS) is 11.1. The van der Waals surface area contributed by atoms with Crippen molar-refractivity contribution in [3.63, 3.8) is 0 Å². The first kappa shape index (κ1) is 20.3. The minimum Gasteiger partial charge on any atom is -0.478 e. The summed E-state index contributed by atoms with van der Waals surface area (Å²) in [5.41, 5.74) is 1.71. The third-order valence-corrected chi connectivity index (χ3v) is 3.71. The fourth-order valence-corrected chi connectivity index (χ4v) is 2.41. The van der Waals surface area contributed by atoms with Crippen molar-refractivity contribution in [1.82, 2.24) is 5.32 Å².